The fourth-order valence-corrected chi connectivity index (χ4v) is 17.9. The summed E-state index contributed by atoms with van der Waals surface area (Å²) in [5.74, 6) is 1.68. The molecule has 0 unspecified atom stereocenters. The lowest BCUT2D eigenvalue weighted by molar-refractivity contribution is 0.487. The summed E-state index contributed by atoms with van der Waals surface area (Å²) in [6.07, 6.45) is 0. The molecular weight excluding hydrogens is 1300 g/mol. The number of nitrogens with zero attached hydrogens (tertiary/aromatic N) is 4. The van der Waals surface area contributed by atoms with E-state index in [0.717, 1.165) is 113 Å². The van der Waals surface area contributed by atoms with Gasteiger partial charge in [0.05, 0.1) is 11.4 Å². The van der Waals surface area contributed by atoms with Crippen LogP contribution in [0.5, 0.6) is 11.5 Å². The monoisotopic (exact) mass is 1380 g/mol. The van der Waals surface area contributed by atoms with Gasteiger partial charge in [-0.15, -0.1) is 0 Å². The van der Waals surface area contributed by atoms with Gasteiger partial charge in [0.15, 0.2) is 0 Å². The third-order valence-electron chi connectivity index (χ3n) is 21.9. The van der Waals surface area contributed by atoms with Crippen molar-refractivity contribution in [3.05, 3.63) is 363 Å². The second kappa shape index (κ2) is 25.9. The number of anilines is 12. The van der Waals surface area contributed by atoms with E-state index in [9.17, 15) is 0 Å². The first-order valence-electron chi connectivity index (χ1n) is 36.9. The molecule has 15 aromatic carbocycles. The summed E-state index contributed by atoms with van der Waals surface area (Å²) in [6.45, 7) is 13.4. The molecule has 506 valence electrons. The predicted octanol–water partition coefficient (Wildman–Crippen LogP) is 23.1. The van der Waals surface area contributed by atoms with Crippen LogP contribution < -0.4 is 57.1 Å². The molecule has 0 bridgehead atoms. The molecular formula is C98H76B2N4OS. The number of rotatable bonds is 12. The Labute approximate surface area is 627 Å². The number of para-hydroxylation sites is 6. The Balaban J connectivity index is 0.895. The first kappa shape index (κ1) is 64.6. The molecule has 0 N–H and O–H groups in total. The zero-order chi connectivity index (χ0) is 71.4. The average molecular weight is 1380 g/mol. The van der Waals surface area contributed by atoms with E-state index in [0.29, 0.717) is 0 Å². The molecule has 8 heteroatoms. The van der Waals surface area contributed by atoms with Gasteiger partial charge in [-0.3, -0.25) is 0 Å². The molecule has 4 aliphatic heterocycles. The third kappa shape index (κ3) is 11.2. The molecule has 0 aromatic heterocycles. The first-order valence-corrected chi connectivity index (χ1v) is 37.8. The fraction of sp³-hybridized carbons (Fsp3) is 0.0816. The quantitative estimate of drug-likeness (QED) is 0.113. The molecule has 4 heterocycles. The molecule has 0 atom stereocenters. The van der Waals surface area contributed by atoms with Crippen LogP contribution in [-0.2, 0) is 10.8 Å². The first-order chi connectivity index (χ1) is 51.8. The molecule has 0 saturated heterocycles. The van der Waals surface area contributed by atoms with E-state index >= 15 is 0 Å². The molecule has 0 fully saturated rings. The summed E-state index contributed by atoms with van der Waals surface area (Å²) in [5, 5.41) is 0. The van der Waals surface area contributed by atoms with Crippen molar-refractivity contribution >= 4 is 126 Å². The Morgan fingerprint density at radius 3 is 1.25 bits per heavy atom. The van der Waals surface area contributed by atoms with E-state index in [1.54, 1.807) is 0 Å². The molecule has 19 rings (SSSR count). The highest BCUT2D eigenvalue weighted by Gasteiger charge is 2.48. The summed E-state index contributed by atoms with van der Waals surface area (Å²) >= 11 is 1.90. The van der Waals surface area contributed by atoms with Crippen LogP contribution in [0.2, 0.25) is 0 Å². The molecule has 0 saturated carbocycles. The van der Waals surface area contributed by atoms with Gasteiger partial charge in [0, 0.05) is 83.9 Å². The van der Waals surface area contributed by atoms with E-state index in [-0.39, 0.29) is 24.3 Å². The van der Waals surface area contributed by atoms with Crippen molar-refractivity contribution in [1.29, 1.82) is 0 Å². The lowest BCUT2D eigenvalue weighted by Gasteiger charge is -2.44. The molecule has 0 amide bonds. The minimum absolute atomic E-state index is 0.0475. The van der Waals surface area contributed by atoms with Crippen molar-refractivity contribution in [2.75, 3.05) is 19.6 Å². The number of fused-ring (bicyclic) bond motifs is 8. The molecule has 0 radical (unpaired) electrons. The van der Waals surface area contributed by atoms with E-state index in [1.165, 1.54) is 65.0 Å². The van der Waals surface area contributed by atoms with Crippen LogP contribution in [0.25, 0.3) is 44.5 Å². The van der Waals surface area contributed by atoms with Gasteiger partial charge in [-0.25, -0.2) is 0 Å². The summed E-state index contributed by atoms with van der Waals surface area (Å²) in [4.78, 5) is 12.4. The highest BCUT2D eigenvalue weighted by molar-refractivity contribution is 8.00. The van der Waals surface area contributed by atoms with Crippen molar-refractivity contribution in [1.82, 2.24) is 0 Å². The SMILES string of the molecule is CC(C)(C)c1ccc(-c2cccc(-c3ccc(C(C)(C)C)cc3)c2N2c3cc4c(cc3B3c5ccccc5Oc5cc(N(c6ccccc6)c6ccccc6)cc2c53)B2c3ccccc3N(c3ccccc3)c3cc(N(c5ccc(-c6ccccc6)cc5)c5ccc(-c6ccccc6)cc5)cc(c32)S4)cc1. The van der Waals surface area contributed by atoms with Gasteiger partial charge in [0.1, 0.15) is 11.5 Å². The second-order valence-electron chi connectivity index (χ2n) is 30.4. The Hall–Kier alpha value is -12.2. The molecule has 4 aliphatic rings. The molecule has 0 spiro atoms. The summed E-state index contributed by atoms with van der Waals surface area (Å²) in [6, 6.07) is 131. The largest absolute Gasteiger partial charge is 0.458 e. The summed E-state index contributed by atoms with van der Waals surface area (Å²) in [5.41, 5.74) is 32.0. The maximum Gasteiger partial charge on any atom is 0.256 e. The van der Waals surface area contributed by atoms with Crippen LogP contribution in [0, 0.1) is 0 Å². The standard InChI is InChI=1S/C98H76B2N4OS/c1-97(2,3)71-51-43-69(44-52-71)80-37-26-38-81(70-45-53-72(54-46-70)98(4,5)6)96(80)104-87-64-92-85(63-84(87)100-83-40-23-25-42-90(83)105-91-61-78(59-88(104)94(91)100)101(73-31-16-9-17-32-73)74-33-18-10-19-34-74)99-82-39-22-24-41-86(82)103(75-35-20-11-21-36-75)89-60-79(62-93(106-92)95(89)99)102(76-55-47-67(48-56-76)65-27-12-7-13-28-65)77-57-49-68(50-58-77)66-29-14-8-15-30-66/h7-64H,1-6H3. The van der Waals surface area contributed by atoms with Crippen LogP contribution in [0.4, 0.5) is 68.2 Å². The summed E-state index contributed by atoms with van der Waals surface area (Å²) in [7, 11) is 0. The minimum Gasteiger partial charge on any atom is -0.458 e. The van der Waals surface area contributed by atoms with Crippen LogP contribution >= 0.6 is 11.8 Å². The Morgan fingerprint density at radius 2 is 0.717 bits per heavy atom. The van der Waals surface area contributed by atoms with Crippen LogP contribution in [-0.4, -0.2) is 13.4 Å². The van der Waals surface area contributed by atoms with Crippen LogP contribution in [0.3, 0.4) is 0 Å². The number of hydrogen-bond donors (Lipinski definition) is 0. The van der Waals surface area contributed by atoms with Crippen molar-refractivity contribution in [2.45, 2.75) is 62.2 Å². The predicted molar refractivity (Wildman–Crippen MR) is 451 cm³/mol. The Bertz CT molecular complexity index is 5650. The Kier molecular flexibility index (Phi) is 15.8. The smallest absolute Gasteiger partial charge is 0.256 e. The van der Waals surface area contributed by atoms with Crippen molar-refractivity contribution in [3.63, 3.8) is 0 Å². The van der Waals surface area contributed by atoms with Gasteiger partial charge in [-0.05, 0) is 180 Å². The van der Waals surface area contributed by atoms with Gasteiger partial charge < -0.3 is 24.3 Å². The highest BCUT2D eigenvalue weighted by Crippen LogP contribution is 2.54. The van der Waals surface area contributed by atoms with Gasteiger partial charge in [0.2, 0.25) is 6.71 Å². The average Bonchev–Trinajstić information content (AvgIpc) is 0.694. The number of benzene rings is 15. The fourth-order valence-electron chi connectivity index (χ4n) is 16.7. The Morgan fingerprint density at radius 1 is 0.283 bits per heavy atom. The summed E-state index contributed by atoms with van der Waals surface area (Å²) < 4.78 is 7.51. The highest BCUT2D eigenvalue weighted by atomic mass is 32.2. The molecule has 15 aromatic rings. The maximum atomic E-state index is 7.51. The van der Waals surface area contributed by atoms with Gasteiger partial charge in [-0.1, -0.05) is 307 Å². The molecule has 5 nitrogen and oxygen atoms in total. The van der Waals surface area contributed by atoms with Crippen LogP contribution in [0.1, 0.15) is 52.7 Å². The zero-order valence-corrected chi connectivity index (χ0v) is 61.1. The maximum absolute atomic E-state index is 7.51. The van der Waals surface area contributed by atoms with Crippen molar-refractivity contribution in [2.24, 2.45) is 0 Å². The van der Waals surface area contributed by atoms with Crippen LogP contribution in [0.15, 0.2) is 362 Å². The molecule has 0 aliphatic carbocycles. The van der Waals surface area contributed by atoms with Gasteiger partial charge in [0.25, 0.3) is 6.71 Å². The number of hydrogen-bond acceptors (Lipinski definition) is 6. The van der Waals surface area contributed by atoms with E-state index in [1.807, 2.05) is 11.8 Å². The van der Waals surface area contributed by atoms with Gasteiger partial charge in [-0.2, -0.15) is 0 Å². The van der Waals surface area contributed by atoms with Crippen molar-refractivity contribution < 1.29 is 4.74 Å². The van der Waals surface area contributed by atoms with E-state index in [2.05, 4.69) is 413 Å². The normalized spacial score (nSPS) is 13.0. The van der Waals surface area contributed by atoms with Gasteiger partial charge >= 0.3 is 0 Å². The van der Waals surface area contributed by atoms with E-state index in [4.69, 9.17) is 4.74 Å². The zero-order valence-electron chi connectivity index (χ0n) is 60.2. The third-order valence-corrected chi connectivity index (χ3v) is 23.0. The minimum atomic E-state index is -0.224. The molecule has 106 heavy (non-hydrogen) atoms. The lowest BCUT2D eigenvalue weighted by atomic mass is 9.31. The lowest BCUT2D eigenvalue weighted by Crippen LogP contribution is -2.63. The number of ether oxygens (including phenoxy) is 1. The van der Waals surface area contributed by atoms with Crippen molar-refractivity contribution in [3.8, 4) is 56.0 Å². The van der Waals surface area contributed by atoms with E-state index < -0.39 is 0 Å². The second-order valence-corrected chi connectivity index (χ2v) is 31.5. The topological polar surface area (TPSA) is 22.2 Å².